The molecule has 2 rings (SSSR count). The van der Waals surface area contributed by atoms with Crippen LogP contribution in [0.1, 0.15) is 51.9 Å². The van der Waals surface area contributed by atoms with Gasteiger partial charge in [-0.2, -0.15) is 0 Å². The molecule has 1 aliphatic heterocycles. The van der Waals surface area contributed by atoms with Gasteiger partial charge in [0.25, 0.3) is 0 Å². The van der Waals surface area contributed by atoms with Gasteiger partial charge in [0.05, 0.1) is 0 Å². The van der Waals surface area contributed by atoms with Gasteiger partial charge in [-0.15, -0.1) is 0 Å². The summed E-state index contributed by atoms with van der Waals surface area (Å²) in [6, 6.07) is 0. The average Bonchev–Trinajstić information content (AvgIpc) is 2.30. The Morgan fingerprint density at radius 3 is 2.20 bits per heavy atom. The molecule has 2 fully saturated rings. The molecule has 2 aliphatic rings. The Morgan fingerprint density at radius 2 is 1.60 bits per heavy atom. The molecule has 1 heterocycles. The van der Waals surface area contributed by atoms with Gasteiger partial charge in [-0.3, -0.25) is 4.79 Å². The second kappa shape index (κ2) is 5.00. The first-order valence-corrected chi connectivity index (χ1v) is 6.56. The number of carbonyl (C=O) groups excluding carboxylic acids is 1. The lowest BCUT2D eigenvalue weighted by atomic mass is 9.82. The average molecular weight is 209 g/mol. The normalized spacial score (nSPS) is 32.7. The highest BCUT2D eigenvalue weighted by Gasteiger charge is 2.28. The molecule has 0 radical (unpaired) electrons. The first-order valence-electron chi connectivity index (χ1n) is 6.56. The molecule has 0 aromatic heterocycles. The maximum atomic E-state index is 12.2. The first kappa shape index (κ1) is 11.0. The third-order valence-corrected chi connectivity index (χ3v) is 4.03. The predicted molar refractivity (Wildman–Crippen MR) is 61.6 cm³/mol. The van der Waals surface area contributed by atoms with E-state index in [4.69, 9.17) is 0 Å². The van der Waals surface area contributed by atoms with Crippen LogP contribution in [0.15, 0.2) is 0 Å². The zero-order valence-electron chi connectivity index (χ0n) is 9.87. The molecule has 0 spiro atoms. The first-order chi connectivity index (χ1) is 7.27. The van der Waals surface area contributed by atoms with Crippen LogP contribution in [0.2, 0.25) is 0 Å². The SMILES string of the molecule is CC1CCC(C(=O)N2CCCCC2)CC1. The lowest BCUT2D eigenvalue weighted by Crippen LogP contribution is -2.40. The molecule has 0 bridgehead atoms. The summed E-state index contributed by atoms with van der Waals surface area (Å²) in [5.74, 6) is 1.66. The van der Waals surface area contributed by atoms with Gasteiger partial charge in [0.1, 0.15) is 0 Å². The molecule has 2 heteroatoms. The van der Waals surface area contributed by atoms with E-state index in [1.54, 1.807) is 0 Å². The summed E-state index contributed by atoms with van der Waals surface area (Å²) in [6.07, 6.45) is 8.52. The largest absolute Gasteiger partial charge is 0.342 e. The fourth-order valence-corrected chi connectivity index (χ4v) is 2.88. The molecule has 1 saturated heterocycles. The van der Waals surface area contributed by atoms with Gasteiger partial charge in [-0.05, 0) is 50.9 Å². The third kappa shape index (κ3) is 2.73. The van der Waals surface area contributed by atoms with Crippen LogP contribution in [-0.4, -0.2) is 23.9 Å². The monoisotopic (exact) mass is 209 g/mol. The van der Waals surface area contributed by atoms with Crippen LogP contribution >= 0.6 is 0 Å². The summed E-state index contributed by atoms with van der Waals surface area (Å²) in [5, 5.41) is 0. The van der Waals surface area contributed by atoms with E-state index in [0.717, 1.165) is 31.8 Å². The highest BCUT2D eigenvalue weighted by molar-refractivity contribution is 5.79. The second-order valence-electron chi connectivity index (χ2n) is 5.34. The minimum atomic E-state index is 0.360. The highest BCUT2D eigenvalue weighted by atomic mass is 16.2. The van der Waals surface area contributed by atoms with E-state index in [2.05, 4.69) is 11.8 Å². The lowest BCUT2D eigenvalue weighted by molar-refractivity contribution is -0.137. The summed E-state index contributed by atoms with van der Waals surface area (Å²) in [4.78, 5) is 14.3. The number of hydrogen-bond acceptors (Lipinski definition) is 1. The number of amides is 1. The van der Waals surface area contributed by atoms with Crippen molar-refractivity contribution in [2.45, 2.75) is 51.9 Å². The molecule has 1 aliphatic carbocycles. The van der Waals surface area contributed by atoms with Crippen LogP contribution in [0.3, 0.4) is 0 Å². The van der Waals surface area contributed by atoms with Crippen LogP contribution < -0.4 is 0 Å². The van der Waals surface area contributed by atoms with Crippen molar-refractivity contribution in [1.29, 1.82) is 0 Å². The van der Waals surface area contributed by atoms with Crippen LogP contribution in [0.25, 0.3) is 0 Å². The fraction of sp³-hybridized carbons (Fsp3) is 0.923. The van der Waals surface area contributed by atoms with E-state index in [1.807, 2.05) is 0 Å². The number of likely N-dealkylation sites (tertiary alicyclic amines) is 1. The van der Waals surface area contributed by atoms with Crippen molar-refractivity contribution in [3.05, 3.63) is 0 Å². The van der Waals surface area contributed by atoms with E-state index < -0.39 is 0 Å². The molecule has 0 unspecified atom stereocenters. The smallest absolute Gasteiger partial charge is 0.225 e. The Labute approximate surface area is 93.0 Å². The van der Waals surface area contributed by atoms with Crippen molar-refractivity contribution in [3.8, 4) is 0 Å². The summed E-state index contributed by atoms with van der Waals surface area (Å²) < 4.78 is 0. The number of piperidine rings is 1. The van der Waals surface area contributed by atoms with Gasteiger partial charge in [-0.25, -0.2) is 0 Å². The van der Waals surface area contributed by atoms with Crippen LogP contribution in [0, 0.1) is 11.8 Å². The maximum absolute atomic E-state index is 12.2. The van der Waals surface area contributed by atoms with Gasteiger partial charge >= 0.3 is 0 Å². The third-order valence-electron chi connectivity index (χ3n) is 4.03. The molecule has 0 aromatic rings. The van der Waals surface area contributed by atoms with Gasteiger partial charge in [-0.1, -0.05) is 6.92 Å². The lowest BCUT2D eigenvalue weighted by Gasteiger charge is -2.33. The number of nitrogens with zero attached hydrogens (tertiary/aromatic N) is 1. The Bertz CT molecular complexity index is 213. The maximum Gasteiger partial charge on any atom is 0.225 e. The van der Waals surface area contributed by atoms with E-state index in [9.17, 15) is 4.79 Å². The molecular formula is C13H23NO. The fourth-order valence-electron chi connectivity index (χ4n) is 2.88. The van der Waals surface area contributed by atoms with Crippen molar-refractivity contribution < 1.29 is 4.79 Å². The highest BCUT2D eigenvalue weighted by Crippen LogP contribution is 2.30. The van der Waals surface area contributed by atoms with E-state index >= 15 is 0 Å². The summed E-state index contributed by atoms with van der Waals surface area (Å²) >= 11 is 0. The van der Waals surface area contributed by atoms with Gasteiger partial charge < -0.3 is 4.90 Å². The Balaban J connectivity index is 1.84. The molecule has 15 heavy (non-hydrogen) atoms. The molecule has 1 saturated carbocycles. The molecule has 1 amide bonds. The molecule has 0 N–H and O–H groups in total. The number of hydrogen-bond donors (Lipinski definition) is 0. The van der Waals surface area contributed by atoms with E-state index in [1.165, 1.54) is 32.1 Å². The number of carbonyl (C=O) groups is 1. The van der Waals surface area contributed by atoms with Gasteiger partial charge in [0, 0.05) is 19.0 Å². The quantitative estimate of drug-likeness (QED) is 0.650. The Morgan fingerprint density at radius 1 is 1.00 bits per heavy atom. The van der Waals surface area contributed by atoms with Gasteiger partial charge in [0.2, 0.25) is 5.91 Å². The topological polar surface area (TPSA) is 20.3 Å². The van der Waals surface area contributed by atoms with Crippen LogP contribution in [0.4, 0.5) is 0 Å². The molecule has 86 valence electrons. The van der Waals surface area contributed by atoms with E-state index in [-0.39, 0.29) is 0 Å². The molecule has 2 nitrogen and oxygen atoms in total. The summed E-state index contributed by atoms with van der Waals surface area (Å²) in [5.41, 5.74) is 0. The van der Waals surface area contributed by atoms with Crippen LogP contribution in [0.5, 0.6) is 0 Å². The molecular weight excluding hydrogens is 186 g/mol. The van der Waals surface area contributed by atoms with Gasteiger partial charge in [0.15, 0.2) is 0 Å². The number of rotatable bonds is 1. The summed E-state index contributed by atoms with van der Waals surface area (Å²) in [6.45, 7) is 4.34. The van der Waals surface area contributed by atoms with Crippen LogP contribution in [-0.2, 0) is 4.79 Å². The zero-order valence-corrected chi connectivity index (χ0v) is 9.87. The van der Waals surface area contributed by atoms with Crippen molar-refractivity contribution in [3.63, 3.8) is 0 Å². The minimum Gasteiger partial charge on any atom is -0.342 e. The van der Waals surface area contributed by atoms with Crippen molar-refractivity contribution in [2.24, 2.45) is 11.8 Å². The van der Waals surface area contributed by atoms with Crippen molar-refractivity contribution in [2.75, 3.05) is 13.1 Å². The van der Waals surface area contributed by atoms with E-state index in [0.29, 0.717) is 11.8 Å². The Kier molecular flexibility index (Phi) is 3.66. The predicted octanol–water partition coefficient (Wildman–Crippen LogP) is 2.83. The Hall–Kier alpha value is -0.530. The van der Waals surface area contributed by atoms with Crippen molar-refractivity contribution >= 4 is 5.91 Å². The summed E-state index contributed by atoms with van der Waals surface area (Å²) in [7, 11) is 0. The molecule has 0 atom stereocenters. The van der Waals surface area contributed by atoms with Crippen molar-refractivity contribution in [1.82, 2.24) is 4.90 Å². The molecule has 0 aromatic carbocycles. The second-order valence-corrected chi connectivity index (χ2v) is 5.34. The zero-order chi connectivity index (χ0) is 10.7. The standard InChI is InChI=1S/C13H23NO/c1-11-5-7-12(8-6-11)13(15)14-9-3-2-4-10-14/h11-12H,2-10H2,1H3. The minimum absolute atomic E-state index is 0.360.